The summed E-state index contributed by atoms with van der Waals surface area (Å²) in [4.78, 5) is 41.8. The molecule has 2 rings (SSSR count). The fraction of sp³-hybridized carbons (Fsp3) is 0.857. The number of aliphatic hydroxyl groups excluding tert-OH is 1. The van der Waals surface area contributed by atoms with E-state index in [1.807, 2.05) is 0 Å². The Balaban J connectivity index is 2.33. The van der Waals surface area contributed by atoms with Crippen LogP contribution in [0.2, 0.25) is 0 Å². The normalized spacial score (nSPS) is 26.6. The van der Waals surface area contributed by atoms with Gasteiger partial charge in [0.05, 0.1) is 18.6 Å². The number of hydrogen-bond donors (Lipinski definition) is 2. The molecule has 1 aliphatic heterocycles. The Morgan fingerprint density at radius 1 is 1.13 bits per heavy atom. The molecule has 0 bridgehead atoms. The summed E-state index contributed by atoms with van der Waals surface area (Å²) < 4.78 is 19.1. The van der Waals surface area contributed by atoms with Crippen molar-refractivity contribution in [2.75, 3.05) is 27.2 Å². The third kappa shape index (κ3) is 6.55. The molecule has 1 saturated heterocycles. The molecule has 0 aromatic heterocycles. The van der Waals surface area contributed by atoms with Crippen LogP contribution >= 0.6 is 0 Å². The van der Waals surface area contributed by atoms with E-state index in [4.69, 9.17) is 4.74 Å². The van der Waals surface area contributed by atoms with Gasteiger partial charge in [0, 0.05) is 20.6 Å². The number of rotatable bonds is 5. The van der Waals surface area contributed by atoms with Gasteiger partial charge >= 0.3 is 6.09 Å². The monoisotopic (exact) mass is 429 g/mol. The predicted octanol–water partition coefficient (Wildman–Crippen LogP) is 1.71. The first-order chi connectivity index (χ1) is 13.9. The molecule has 30 heavy (non-hydrogen) atoms. The number of halogens is 1. The standard InChI is InChI=1S/C21H36FN3O5/c1-21(2,3)30-20(29)23-17(19(28)25-11-10-14(22)12-25)16(18(27)24(4)5)13-6-8-15(26)9-7-13/h13-17,26H,6-12H2,1-5H3,(H,23,29)/t13?,14-,15?,16-,17?/m0/s1. The number of carbonyl (C=O) groups is 3. The molecule has 3 amide bonds. The fourth-order valence-corrected chi connectivity index (χ4v) is 4.23. The highest BCUT2D eigenvalue weighted by Gasteiger charge is 2.45. The van der Waals surface area contributed by atoms with E-state index in [9.17, 15) is 23.9 Å². The highest BCUT2D eigenvalue weighted by molar-refractivity contribution is 5.92. The Morgan fingerprint density at radius 3 is 2.20 bits per heavy atom. The largest absolute Gasteiger partial charge is 0.444 e. The quantitative estimate of drug-likeness (QED) is 0.693. The molecule has 1 saturated carbocycles. The lowest BCUT2D eigenvalue weighted by Gasteiger charge is -2.38. The Labute approximate surface area is 178 Å². The molecular weight excluding hydrogens is 393 g/mol. The summed E-state index contributed by atoms with van der Waals surface area (Å²) in [5.74, 6) is -1.74. The van der Waals surface area contributed by atoms with E-state index in [0.717, 1.165) is 0 Å². The summed E-state index contributed by atoms with van der Waals surface area (Å²) in [6.07, 6.45) is 0.126. The number of amides is 3. The Bertz CT molecular complexity index is 629. The van der Waals surface area contributed by atoms with E-state index in [-0.39, 0.29) is 31.3 Å². The molecule has 9 heteroatoms. The molecule has 0 radical (unpaired) electrons. The topological polar surface area (TPSA) is 99.2 Å². The lowest BCUT2D eigenvalue weighted by atomic mass is 9.74. The maximum Gasteiger partial charge on any atom is 0.408 e. The van der Waals surface area contributed by atoms with Crippen LogP contribution in [-0.2, 0) is 14.3 Å². The van der Waals surface area contributed by atoms with E-state index in [2.05, 4.69) is 5.32 Å². The molecule has 3 atom stereocenters. The number of nitrogens with zero attached hydrogens (tertiary/aromatic N) is 2. The lowest BCUT2D eigenvalue weighted by molar-refractivity contribution is -0.144. The average Bonchev–Trinajstić information content (AvgIpc) is 3.06. The number of aliphatic hydroxyl groups is 1. The summed E-state index contributed by atoms with van der Waals surface area (Å²) in [5.41, 5.74) is -0.772. The maximum atomic E-state index is 13.8. The van der Waals surface area contributed by atoms with Crippen molar-refractivity contribution in [3.05, 3.63) is 0 Å². The van der Waals surface area contributed by atoms with Gasteiger partial charge in [0.15, 0.2) is 0 Å². The molecule has 1 unspecified atom stereocenters. The van der Waals surface area contributed by atoms with Crippen LogP contribution in [-0.4, -0.2) is 83.9 Å². The number of alkyl carbamates (subject to hydrolysis) is 1. The van der Waals surface area contributed by atoms with Crippen LogP contribution in [0.15, 0.2) is 0 Å². The number of nitrogens with one attached hydrogen (secondary N) is 1. The second kappa shape index (κ2) is 9.94. The first-order valence-corrected chi connectivity index (χ1v) is 10.7. The first kappa shape index (κ1) is 24.4. The molecule has 2 aliphatic rings. The first-order valence-electron chi connectivity index (χ1n) is 10.7. The van der Waals surface area contributed by atoms with E-state index < -0.39 is 41.8 Å². The van der Waals surface area contributed by atoms with Crippen LogP contribution in [0.5, 0.6) is 0 Å². The number of carbonyl (C=O) groups excluding carboxylic acids is 3. The van der Waals surface area contributed by atoms with E-state index in [1.54, 1.807) is 34.9 Å². The predicted molar refractivity (Wildman–Crippen MR) is 109 cm³/mol. The summed E-state index contributed by atoms with van der Waals surface area (Å²) >= 11 is 0. The van der Waals surface area contributed by atoms with Gasteiger partial charge in [-0.15, -0.1) is 0 Å². The lowest BCUT2D eigenvalue weighted by Crippen LogP contribution is -2.58. The third-order valence-corrected chi connectivity index (χ3v) is 5.71. The Morgan fingerprint density at radius 2 is 1.73 bits per heavy atom. The number of alkyl halides is 1. The van der Waals surface area contributed by atoms with Crippen molar-refractivity contribution in [3.63, 3.8) is 0 Å². The molecular formula is C21H36FN3O5. The van der Waals surface area contributed by atoms with Crippen molar-refractivity contribution in [1.82, 2.24) is 15.1 Å². The van der Waals surface area contributed by atoms with Gasteiger partial charge in [0.25, 0.3) is 0 Å². The average molecular weight is 430 g/mol. The fourth-order valence-electron chi connectivity index (χ4n) is 4.23. The zero-order chi connectivity index (χ0) is 22.6. The van der Waals surface area contributed by atoms with Crippen molar-refractivity contribution < 1.29 is 28.6 Å². The van der Waals surface area contributed by atoms with Gasteiger partial charge in [0.1, 0.15) is 17.8 Å². The summed E-state index contributed by atoms with van der Waals surface area (Å²) in [7, 11) is 3.21. The molecule has 2 N–H and O–H groups in total. The second-order valence-electron chi connectivity index (χ2n) is 9.62. The molecule has 1 aliphatic carbocycles. The summed E-state index contributed by atoms with van der Waals surface area (Å²) in [6, 6.07) is -1.15. The van der Waals surface area contributed by atoms with Gasteiger partial charge in [-0.05, 0) is 58.8 Å². The molecule has 172 valence electrons. The van der Waals surface area contributed by atoms with Gasteiger partial charge in [-0.3, -0.25) is 9.59 Å². The van der Waals surface area contributed by atoms with Crippen molar-refractivity contribution >= 4 is 17.9 Å². The van der Waals surface area contributed by atoms with Gasteiger partial charge in [-0.2, -0.15) is 0 Å². The van der Waals surface area contributed by atoms with Crippen LogP contribution in [0.25, 0.3) is 0 Å². The summed E-state index contributed by atoms with van der Waals surface area (Å²) in [5, 5.41) is 12.5. The molecule has 8 nitrogen and oxygen atoms in total. The van der Waals surface area contributed by atoms with Gasteiger partial charge in [0.2, 0.25) is 11.8 Å². The van der Waals surface area contributed by atoms with E-state index >= 15 is 0 Å². The van der Waals surface area contributed by atoms with Crippen molar-refractivity contribution in [3.8, 4) is 0 Å². The van der Waals surface area contributed by atoms with Gasteiger partial charge in [-0.1, -0.05) is 0 Å². The van der Waals surface area contributed by atoms with E-state index in [0.29, 0.717) is 25.7 Å². The maximum absolute atomic E-state index is 13.8. The van der Waals surface area contributed by atoms with Crippen LogP contribution in [0.3, 0.4) is 0 Å². The van der Waals surface area contributed by atoms with Crippen molar-refractivity contribution in [2.24, 2.45) is 11.8 Å². The number of ether oxygens (including phenoxy) is 1. The number of likely N-dealkylation sites (tertiary alicyclic amines) is 1. The van der Waals surface area contributed by atoms with Crippen LogP contribution in [0.4, 0.5) is 9.18 Å². The van der Waals surface area contributed by atoms with E-state index in [1.165, 1.54) is 9.80 Å². The van der Waals surface area contributed by atoms with Gasteiger partial charge < -0.3 is 25.0 Å². The van der Waals surface area contributed by atoms with Crippen LogP contribution in [0.1, 0.15) is 52.9 Å². The van der Waals surface area contributed by atoms with Gasteiger partial charge in [-0.25, -0.2) is 9.18 Å². The second-order valence-corrected chi connectivity index (χ2v) is 9.62. The highest BCUT2D eigenvalue weighted by Crippen LogP contribution is 2.34. The highest BCUT2D eigenvalue weighted by atomic mass is 19.1. The summed E-state index contributed by atoms with van der Waals surface area (Å²) in [6.45, 7) is 5.34. The van der Waals surface area contributed by atoms with Crippen LogP contribution < -0.4 is 5.32 Å². The zero-order valence-corrected chi connectivity index (χ0v) is 18.7. The minimum atomic E-state index is -1.15. The molecule has 1 heterocycles. The molecule has 0 aromatic carbocycles. The molecule has 0 aromatic rings. The molecule has 2 fully saturated rings. The zero-order valence-electron chi connectivity index (χ0n) is 18.7. The number of hydrogen-bond acceptors (Lipinski definition) is 5. The Kier molecular flexibility index (Phi) is 8.07. The Hall–Kier alpha value is -1.90. The minimum absolute atomic E-state index is 0.0441. The third-order valence-electron chi connectivity index (χ3n) is 5.71. The van der Waals surface area contributed by atoms with Crippen LogP contribution in [0, 0.1) is 11.8 Å². The van der Waals surface area contributed by atoms with Crippen molar-refractivity contribution in [1.29, 1.82) is 0 Å². The smallest absolute Gasteiger partial charge is 0.408 e. The minimum Gasteiger partial charge on any atom is -0.444 e. The molecule has 0 spiro atoms. The SMILES string of the molecule is CN(C)C(=O)[C@@H](C1CCC(O)CC1)C(NC(=O)OC(C)(C)C)C(=O)N1CC[C@H](F)C1. The van der Waals surface area contributed by atoms with Crippen molar-refractivity contribution in [2.45, 2.75) is 76.8 Å².